The minimum Gasteiger partial charge on any atom is -0.482 e. The number of benzene rings is 1. The third-order valence-electron chi connectivity index (χ3n) is 2.79. The van der Waals surface area contributed by atoms with E-state index in [0.29, 0.717) is 19.0 Å². The molecular formula is C12H16FNO2. The summed E-state index contributed by atoms with van der Waals surface area (Å²) < 4.78 is 24.3. The number of hydrogen-bond donors (Lipinski definition) is 1. The highest BCUT2D eigenvalue weighted by atomic mass is 19.1. The van der Waals surface area contributed by atoms with Crippen molar-refractivity contribution in [2.75, 3.05) is 20.3 Å². The van der Waals surface area contributed by atoms with Gasteiger partial charge in [0.05, 0.1) is 13.2 Å². The number of halogens is 1. The van der Waals surface area contributed by atoms with Gasteiger partial charge in [-0.25, -0.2) is 4.39 Å². The minimum atomic E-state index is -0.313. The van der Waals surface area contributed by atoms with Gasteiger partial charge in [-0.05, 0) is 20.0 Å². The van der Waals surface area contributed by atoms with E-state index in [1.54, 1.807) is 6.07 Å². The Balaban J connectivity index is 2.24. The summed E-state index contributed by atoms with van der Waals surface area (Å²) in [4.78, 5) is 0. The second-order valence-corrected chi connectivity index (χ2v) is 3.95. The molecule has 0 aromatic heterocycles. The molecule has 0 radical (unpaired) electrons. The summed E-state index contributed by atoms with van der Waals surface area (Å²) in [6, 6.07) is 5.05. The fraction of sp³-hybridized carbons (Fsp3) is 0.500. The summed E-state index contributed by atoms with van der Waals surface area (Å²) in [7, 11) is 1.84. The van der Waals surface area contributed by atoms with Gasteiger partial charge in [-0.2, -0.15) is 0 Å². The van der Waals surface area contributed by atoms with Gasteiger partial charge < -0.3 is 14.8 Å². The first-order valence-corrected chi connectivity index (χ1v) is 5.42. The zero-order valence-corrected chi connectivity index (χ0v) is 9.50. The van der Waals surface area contributed by atoms with Crippen LogP contribution in [0.25, 0.3) is 0 Å². The van der Waals surface area contributed by atoms with Gasteiger partial charge in [-0.15, -0.1) is 0 Å². The van der Waals surface area contributed by atoms with Crippen LogP contribution in [0.5, 0.6) is 5.75 Å². The van der Waals surface area contributed by atoms with E-state index in [1.807, 2.05) is 20.0 Å². The molecule has 0 saturated carbocycles. The molecule has 1 aliphatic heterocycles. The van der Waals surface area contributed by atoms with Gasteiger partial charge in [0.1, 0.15) is 6.10 Å². The minimum absolute atomic E-state index is 0.0142. The third kappa shape index (κ3) is 2.18. The highest BCUT2D eigenvalue weighted by Gasteiger charge is 2.24. The Morgan fingerprint density at radius 1 is 1.50 bits per heavy atom. The highest BCUT2D eigenvalue weighted by molar-refractivity contribution is 5.37. The standard InChI is InChI=1S/C12H16FNO2/c1-8(14-2)10-4-3-5-11(13)12(10)16-9-6-15-7-9/h3-5,8-9,14H,6-7H2,1-2H3. The van der Waals surface area contributed by atoms with Crippen LogP contribution in [-0.2, 0) is 4.74 Å². The van der Waals surface area contributed by atoms with Gasteiger partial charge >= 0.3 is 0 Å². The van der Waals surface area contributed by atoms with Crippen molar-refractivity contribution in [2.45, 2.75) is 19.1 Å². The van der Waals surface area contributed by atoms with Crippen molar-refractivity contribution in [3.05, 3.63) is 29.6 Å². The molecule has 1 N–H and O–H groups in total. The Morgan fingerprint density at radius 2 is 2.25 bits per heavy atom. The zero-order chi connectivity index (χ0) is 11.5. The van der Waals surface area contributed by atoms with Crippen LogP contribution in [0.3, 0.4) is 0 Å². The van der Waals surface area contributed by atoms with E-state index < -0.39 is 0 Å². The second kappa shape index (κ2) is 4.80. The Hall–Kier alpha value is -1.13. The number of hydrogen-bond acceptors (Lipinski definition) is 3. The van der Waals surface area contributed by atoms with E-state index in [1.165, 1.54) is 6.07 Å². The lowest BCUT2D eigenvalue weighted by Crippen LogP contribution is -2.39. The van der Waals surface area contributed by atoms with E-state index >= 15 is 0 Å². The van der Waals surface area contributed by atoms with Crippen LogP contribution in [0.2, 0.25) is 0 Å². The lowest BCUT2D eigenvalue weighted by atomic mass is 10.1. The molecular weight excluding hydrogens is 209 g/mol. The maximum Gasteiger partial charge on any atom is 0.165 e. The Bertz CT molecular complexity index is 366. The van der Waals surface area contributed by atoms with Crippen LogP contribution in [0.15, 0.2) is 18.2 Å². The molecule has 0 bridgehead atoms. The molecule has 1 fully saturated rings. The normalized spacial score (nSPS) is 17.9. The molecule has 1 aromatic rings. The van der Waals surface area contributed by atoms with Crippen molar-refractivity contribution in [1.82, 2.24) is 5.32 Å². The van der Waals surface area contributed by atoms with Crippen LogP contribution < -0.4 is 10.1 Å². The van der Waals surface area contributed by atoms with Crippen molar-refractivity contribution < 1.29 is 13.9 Å². The van der Waals surface area contributed by atoms with Crippen molar-refractivity contribution in [2.24, 2.45) is 0 Å². The molecule has 1 saturated heterocycles. The van der Waals surface area contributed by atoms with Gasteiger partial charge in [0, 0.05) is 11.6 Å². The molecule has 1 aromatic carbocycles. The molecule has 2 rings (SSSR count). The quantitative estimate of drug-likeness (QED) is 0.848. The second-order valence-electron chi connectivity index (χ2n) is 3.95. The summed E-state index contributed by atoms with van der Waals surface area (Å²) in [6.45, 7) is 3.06. The summed E-state index contributed by atoms with van der Waals surface area (Å²) >= 11 is 0. The topological polar surface area (TPSA) is 30.5 Å². The van der Waals surface area contributed by atoms with Crippen LogP contribution in [0.4, 0.5) is 4.39 Å². The number of ether oxygens (including phenoxy) is 2. The average molecular weight is 225 g/mol. The Morgan fingerprint density at radius 3 is 2.81 bits per heavy atom. The SMILES string of the molecule is CNC(C)c1cccc(F)c1OC1COC1. The molecule has 3 nitrogen and oxygen atoms in total. The van der Waals surface area contributed by atoms with E-state index in [0.717, 1.165) is 5.56 Å². The highest BCUT2D eigenvalue weighted by Crippen LogP contribution is 2.29. The Labute approximate surface area is 94.6 Å². The fourth-order valence-corrected chi connectivity index (χ4v) is 1.60. The fourth-order valence-electron chi connectivity index (χ4n) is 1.60. The Kier molecular flexibility index (Phi) is 3.41. The molecule has 4 heteroatoms. The smallest absolute Gasteiger partial charge is 0.165 e. The molecule has 88 valence electrons. The first kappa shape index (κ1) is 11.4. The van der Waals surface area contributed by atoms with Gasteiger partial charge in [0.2, 0.25) is 0 Å². The van der Waals surface area contributed by atoms with Crippen LogP contribution in [0.1, 0.15) is 18.5 Å². The third-order valence-corrected chi connectivity index (χ3v) is 2.79. The molecule has 1 unspecified atom stereocenters. The van der Waals surface area contributed by atoms with E-state index in [4.69, 9.17) is 9.47 Å². The molecule has 1 atom stereocenters. The van der Waals surface area contributed by atoms with Crippen molar-refractivity contribution in [3.63, 3.8) is 0 Å². The van der Waals surface area contributed by atoms with Crippen molar-refractivity contribution in [3.8, 4) is 5.75 Å². The number of nitrogens with one attached hydrogen (secondary N) is 1. The van der Waals surface area contributed by atoms with E-state index in [-0.39, 0.29) is 18.0 Å². The first-order chi connectivity index (χ1) is 7.72. The van der Waals surface area contributed by atoms with Gasteiger partial charge in [0.15, 0.2) is 11.6 Å². The summed E-state index contributed by atoms with van der Waals surface area (Å²) in [5, 5.41) is 3.08. The van der Waals surface area contributed by atoms with Crippen LogP contribution in [0, 0.1) is 5.82 Å². The molecule has 0 amide bonds. The van der Waals surface area contributed by atoms with Crippen LogP contribution >= 0.6 is 0 Å². The maximum atomic E-state index is 13.7. The number of rotatable bonds is 4. The first-order valence-electron chi connectivity index (χ1n) is 5.42. The van der Waals surface area contributed by atoms with Crippen molar-refractivity contribution >= 4 is 0 Å². The molecule has 0 aliphatic carbocycles. The maximum absolute atomic E-state index is 13.7. The van der Waals surface area contributed by atoms with Crippen molar-refractivity contribution in [1.29, 1.82) is 0 Å². The summed E-state index contributed by atoms with van der Waals surface area (Å²) in [5.74, 6) is 0.0316. The summed E-state index contributed by atoms with van der Waals surface area (Å²) in [6.07, 6.45) is -0.0142. The van der Waals surface area contributed by atoms with Gasteiger partial charge in [-0.3, -0.25) is 0 Å². The molecule has 16 heavy (non-hydrogen) atoms. The predicted octanol–water partition coefficient (Wildman–Crippen LogP) is 1.88. The number of para-hydroxylation sites is 1. The molecule has 0 spiro atoms. The van der Waals surface area contributed by atoms with Gasteiger partial charge in [-0.1, -0.05) is 12.1 Å². The molecule has 1 heterocycles. The zero-order valence-electron chi connectivity index (χ0n) is 9.50. The van der Waals surface area contributed by atoms with E-state index in [2.05, 4.69) is 5.32 Å². The monoisotopic (exact) mass is 225 g/mol. The predicted molar refractivity (Wildman–Crippen MR) is 59.1 cm³/mol. The lowest BCUT2D eigenvalue weighted by molar-refractivity contribution is -0.0813. The average Bonchev–Trinajstić information content (AvgIpc) is 2.23. The van der Waals surface area contributed by atoms with Crippen LogP contribution in [-0.4, -0.2) is 26.4 Å². The summed E-state index contributed by atoms with van der Waals surface area (Å²) in [5.41, 5.74) is 0.842. The van der Waals surface area contributed by atoms with E-state index in [9.17, 15) is 4.39 Å². The van der Waals surface area contributed by atoms with Gasteiger partial charge in [0.25, 0.3) is 0 Å². The largest absolute Gasteiger partial charge is 0.482 e. The lowest BCUT2D eigenvalue weighted by Gasteiger charge is -2.28. The molecule has 1 aliphatic rings.